The van der Waals surface area contributed by atoms with Gasteiger partial charge in [0.2, 0.25) is 0 Å². The van der Waals surface area contributed by atoms with Crippen LogP contribution >= 0.6 is 0 Å². The summed E-state index contributed by atoms with van der Waals surface area (Å²) in [6.07, 6.45) is 3.77. The standard InChI is InChI=1S/C24H26N4O4/c1-32-21-8-4-3-7-19(21)28-22(30)15-20(29)23(26-28)24(31)25-18-11-9-17(10-12-18)16-27-13-5-2-6-14-27/h3-4,7-12,15,29H,2,5-6,13-14,16H2,1H3,(H,25,31). The van der Waals surface area contributed by atoms with Gasteiger partial charge in [-0.25, -0.2) is 0 Å². The summed E-state index contributed by atoms with van der Waals surface area (Å²) >= 11 is 0. The fraction of sp³-hybridized carbons (Fsp3) is 0.292. The highest BCUT2D eigenvalue weighted by molar-refractivity contribution is 6.04. The van der Waals surface area contributed by atoms with E-state index in [0.717, 1.165) is 30.4 Å². The minimum absolute atomic E-state index is 0.257. The van der Waals surface area contributed by atoms with Gasteiger partial charge in [0.05, 0.1) is 7.11 Å². The molecule has 4 rings (SSSR count). The Morgan fingerprint density at radius 1 is 1.09 bits per heavy atom. The van der Waals surface area contributed by atoms with E-state index in [1.54, 1.807) is 24.3 Å². The van der Waals surface area contributed by atoms with Crippen LogP contribution in [0.4, 0.5) is 5.69 Å². The van der Waals surface area contributed by atoms with Gasteiger partial charge < -0.3 is 15.2 Å². The predicted octanol–water partition coefficient (Wildman–Crippen LogP) is 3.18. The average Bonchev–Trinajstić information content (AvgIpc) is 2.81. The van der Waals surface area contributed by atoms with Gasteiger partial charge in [-0.3, -0.25) is 14.5 Å². The van der Waals surface area contributed by atoms with E-state index in [4.69, 9.17) is 4.74 Å². The molecule has 1 fully saturated rings. The van der Waals surface area contributed by atoms with Gasteiger partial charge in [0.25, 0.3) is 11.5 Å². The molecule has 1 aliphatic heterocycles. The zero-order chi connectivity index (χ0) is 22.5. The van der Waals surface area contributed by atoms with E-state index < -0.39 is 17.2 Å². The first-order valence-electron chi connectivity index (χ1n) is 10.6. The molecule has 1 saturated heterocycles. The van der Waals surface area contributed by atoms with E-state index in [2.05, 4.69) is 15.3 Å². The van der Waals surface area contributed by atoms with Gasteiger partial charge in [-0.2, -0.15) is 9.78 Å². The second kappa shape index (κ2) is 9.65. The van der Waals surface area contributed by atoms with Crippen molar-refractivity contribution >= 4 is 11.6 Å². The van der Waals surface area contributed by atoms with Gasteiger partial charge >= 0.3 is 0 Å². The Labute approximate surface area is 186 Å². The van der Waals surface area contributed by atoms with Gasteiger partial charge in [0.1, 0.15) is 11.4 Å². The van der Waals surface area contributed by atoms with Crippen LogP contribution in [0.25, 0.3) is 5.69 Å². The highest BCUT2D eigenvalue weighted by Gasteiger charge is 2.19. The summed E-state index contributed by atoms with van der Waals surface area (Å²) in [6, 6.07) is 15.4. The van der Waals surface area contributed by atoms with Crippen LogP contribution in [0.1, 0.15) is 35.3 Å². The van der Waals surface area contributed by atoms with E-state index in [-0.39, 0.29) is 5.69 Å². The molecule has 0 bridgehead atoms. The predicted molar refractivity (Wildman–Crippen MR) is 122 cm³/mol. The van der Waals surface area contributed by atoms with Crippen LogP contribution in [-0.2, 0) is 6.54 Å². The lowest BCUT2D eigenvalue weighted by Gasteiger charge is -2.26. The second-order valence-corrected chi connectivity index (χ2v) is 7.79. The largest absolute Gasteiger partial charge is 0.505 e. The van der Waals surface area contributed by atoms with E-state index in [0.29, 0.717) is 17.1 Å². The molecular weight excluding hydrogens is 408 g/mol. The fourth-order valence-electron chi connectivity index (χ4n) is 3.85. The third kappa shape index (κ3) is 4.81. The van der Waals surface area contributed by atoms with Crippen LogP contribution in [0, 0.1) is 0 Å². The Hall–Kier alpha value is -3.65. The van der Waals surface area contributed by atoms with Crippen molar-refractivity contribution in [3.05, 3.63) is 76.2 Å². The van der Waals surface area contributed by atoms with Crippen molar-refractivity contribution in [1.29, 1.82) is 0 Å². The van der Waals surface area contributed by atoms with Crippen LogP contribution in [0.5, 0.6) is 11.5 Å². The fourth-order valence-corrected chi connectivity index (χ4v) is 3.85. The van der Waals surface area contributed by atoms with Crippen LogP contribution in [0.15, 0.2) is 59.4 Å². The van der Waals surface area contributed by atoms with E-state index in [1.807, 2.05) is 24.3 Å². The lowest BCUT2D eigenvalue weighted by Crippen LogP contribution is -2.29. The van der Waals surface area contributed by atoms with E-state index >= 15 is 0 Å². The summed E-state index contributed by atoms with van der Waals surface area (Å²) < 4.78 is 6.32. The van der Waals surface area contributed by atoms with Crippen LogP contribution < -0.4 is 15.6 Å². The zero-order valence-corrected chi connectivity index (χ0v) is 18.0. The van der Waals surface area contributed by atoms with Gasteiger partial charge in [0.15, 0.2) is 11.4 Å². The number of ether oxygens (including phenoxy) is 1. The van der Waals surface area contributed by atoms with Gasteiger partial charge in [0, 0.05) is 18.3 Å². The monoisotopic (exact) mass is 434 g/mol. The molecule has 1 amide bonds. The highest BCUT2D eigenvalue weighted by atomic mass is 16.5. The topological polar surface area (TPSA) is 96.7 Å². The molecular formula is C24H26N4O4. The molecule has 8 nitrogen and oxygen atoms in total. The lowest BCUT2D eigenvalue weighted by molar-refractivity contribution is 0.101. The number of aromatic hydroxyl groups is 1. The Balaban J connectivity index is 1.52. The molecule has 0 spiro atoms. The van der Waals surface area contributed by atoms with Crippen molar-refractivity contribution in [2.24, 2.45) is 0 Å². The quantitative estimate of drug-likeness (QED) is 0.619. The lowest BCUT2D eigenvalue weighted by atomic mass is 10.1. The summed E-state index contributed by atoms with van der Waals surface area (Å²) in [6.45, 7) is 3.12. The van der Waals surface area contributed by atoms with Crippen LogP contribution in [0.3, 0.4) is 0 Å². The molecule has 1 aromatic heterocycles. The number of rotatable bonds is 6. The SMILES string of the molecule is COc1ccccc1-n1nc(C(=O)Nc2ccc(CN3CCCCC3)cc2)c(O)cc1=O. The Morgan fingerprint density at radius 2 is 1.81 bits per heavy atom. The van der Waals surface area contributed by atoms with Crippen LogP contribution in [0.2, 0.25) is 0 Å². The minimum Gasteiger partial charge on any atom is -0.505 e. The van der Waals surface area contributed by atoms with Crippen molar-refractivity contribution in [2.75, 3.05) is 25.5 Å². The number of carbonyl (C=O) groups is 1. The first-order chi connectivity index (χ1) is 15.5. The second-order valence-electron chi connectivity index (χ2n) is 7.79. The molecule has 8 heteroatoms. The molecule has 0 radical (unpaired) electrons. The maximum Gasteiger partial charge on any atom is 0.279 e. The Kier molecular flexibility index (Phi) is 6.51. The number of hydrogen-bond acceptors (Lipinski definition) is 6. The summed E-state index contributed by atoms with van der Waals surface area (Å²) in [5, 5.41) is 17.0. The number of benzene rings is 2. The number of carbonyl (C=O) groups excluding carboxylic acids is 1. The number of aromatic nitrogens is 2. The average molecular weight is 434 g/mol. The van der Waals surface area contributed by atoms with Gasteiger partial charge in [-0.05, 0) is 55.8 Å². The van der Waals surface area contributed by atoms with Crippen molar-refractivity contribution in [3.63, 3.8) is 0 Å². The van der Waals surface area contributed by atoms with Crippen molar-refractivity contribution < 1.29 is 14.6 Å². The molecule has 0 atom stereocenters. The smallest absolute Gasteiger partial charge is 0.279 e. The van der Waals surface area contributed by atoms with Crippen molar-refractivity contribution in [1.82, 2.24) is 14.7 Å². The third-order valence-electron chi connectivity index (χ3n) is 5.51. The number of nitrogens with zero attached hydrogens (tertiary/aromatic N) is 3. The number of hydrogen-bond donors (Lipinski definition) is 2. The Morgan fingerprint density at radius 3 is 2.53 bits per heavy atom. The summed E-state index contributed by atoms with van der Waals surface area (Å²) in [5.41, 5.74) is 1.29. The van der Waals surface area contributed by atoms with Gasteiger partial charge in [-0.15, -0.1) is 0 Å². The minimum atomic E-state index is -0.616. The molecule has 3 aromatic rings. The maximum absolute atomic E-state index is 12.8. The Bertz CT molecular complexity index is 1150. The number of piperidine rings is 1. The van der Waals surface area contributed by atoms with Gasteiger partial charge in [-0.1, -0.05) is 30.7 Å². The molecule has 0 aliphatic carbocycles. The first kappa shape index (κ1) is 21.6. The van der Waals surface area contributed by atoms with E-state index in [1.165, 1.54) is 31.9 Å². The number of anilines is 1. The summed E-state index contributed by atoms with van der Waals surface area (Å²) in [7, 11) is 1.48. The van der Waals surface area contributed by atoms with Crippen molar-refractivity contribution in [3.8, 4) is 17.2 Å². The molecule has 2 aromatic carbocycles. The molecule has 166 valence electrons. The zero-order valence-electron chi connectivity index (χ0n) is 18.0. The summed E-state index contributed by atoms with van der Waals surface area (Å²) in [4.78, 5) is 27.6. The molecule has 0 unspecified atom stereocenters. The molecule has 2 heterocycles. The van der Waals surface area contributed by atoms with E-state index in [9.17, 15) is 14.7 Å². The number of likely N-dealkylation sites (tertiary alicyclic amines) is 1. The molecule has 2 N–H and O–H groups in total. The molecule has 1 aliphatic rings. The normalized spacial score (nSPS) is 14.2. The number of methoxy groups -OCH3 is 1. The third-order valence-corrected chi connectivity index (χ3v) is 5.51. The number of para-hydroxylation sites is 2. The van der Waals surface area contributed by atoms with Crippen molar-refractivity contribution in [2.45, 2.75) is 25.8 Å². The molecule has 0 saturated carbocycles. The first-order valence-corrected chi connectivity index (χ1v) is 10.6. The summed E-state index contributed by atoms with van der Waals surface area (Å²) in [5.74, 6) is -0.682. The number of nitrogens with one attached hydrogen (secondary N) is 1. The number of amides is 1. The molecule has 32 heavy (non-hydrogen) atoms. The van der Waals surface area contributed by atoms with Crippen LogP contribution in [-0.4, -0.2) is 45.9 Å². The highest BCUT2D eigenvalue weighted by Crippen LogP contribution is 2.22. The maximum atomic E-state index is 12.8.